The van der Waals surface area contributed by atoms with E-state index in [2.05, 4.69) is 15.6 Å². The number of nitrogens with zero attached hydrogens (tertiary/aromatic N) is 2. The zero-order chi connectivity index (χ0) is 21.9. The van der Waals surface area contributed by atoms with Gasteiger partial charge in [0.1, 0.15) is 17.6 Å². The fraction of sp³-hybridized carbons (Fsp3) is 0.391. The minimum Gasteiger partial charge on any atom is -0.497 e. The SMILES string of the molecule is CCNC(=NCc1ccc(C(=O)N(C)C)cc1)NCC(C)Oc1cccc(OC)c1. The van der Waals surface area contributed by atoms with E-state index in [1.165, 1.54) is 0 Å². The molecule has 2 aromatic rings. The van der Waals surface area contributed by atoms with Crippen LogP contribution < -0.4 is 20.1 Å². The number of aliphatic imine (C=N–C) groups is 1. The molecule has 0 saturated carbocycles. The molecule has 0 aliphatic carbocycles. The first-order chi connectivity index (χ1) is 14.4. The molecule has 7 heteroatoms. The van der Waals surface area contributed by atoms with Crippen molar-refractivity contribution in [2.75, 3.05) is 34.3 Å². The standard InChI is InChI=1S/C23H32N4O3/c1-6-24-23(25-15-17(2)30-21-9-7-8-20(14-21)29-5)26-16-18-10-12-19(13-11-18)22(28)27(3)4/h7-14,17H,6,15-16H2,1-5H3,(H2,24,25,26). The summed E-state index contributed by atoms with van der Waals surface area (Å²) in [5.41, 5.74) is 1.70. The highest BCUT2D eigenvalue weighted by Gasteiger charge is 2.08. The normalized spacial score (nSPS) is 12.1. The molecule has 0 radical (unpaired) electrons. The Labute approximate surface area is 179 Å². The summed E-state index contributed by atoms with van der Waals surface area (Å²) >= 11 is 0. The first-order valence-electron chi connectivity index (χ1n) is 10.1. The molecular weight excluding hydrogens is 380 g/mol. The van der Waals surface area contributed by atoms with Gasteiger partial charge in [0.15, 0.2) is 5.96 Å². The van der Waals surface area contributed by atoms with Crippen LogP contribution in [0.1, 0.15) is 29.8 Å². The average molecular weight is 413 g/mol. The van der Waals surface area contributed by atoms with Crippen molar-refractivity contribution in [3.05, 3.63) is 59.7 Å². The molecule has 2 rings (SSSR count). The Morgan fingerprint density at radius 2 is 1.80 bits per heavy atom. The van der Waals surface area contributed by atoms with E-state index in [0.717, 1.165) is 23.6 Å². The second-order valence-electron chi connectivity index (χ2n) is 7.08. The Morgan fingerprint density at radius 3 is 2.43 bits per heavy atom. The molecule has 0 saturated heterocycles. The summed E-state index contributed by atoms with van der Waals surface area (Å²) in [6.45, 7) is 5.88. The second kappa shape index (κ2) is 11.7. The second-order valence-corrected chi connectivity index (χ2v) is 7.08. The lowest BCUT2D eigenvalue weighted by atomic mass is 10.1. The van der Waals surface area contributed by atoms with Crippen molar-refractivity contribution >= 4 is 11.9 Å². The van der Waals surface area contributed by atoms with Gasteiger partial charge in [-0.25, -0.2) is 4.99 Å². The van der Waals surface area contributed by atoms with Crippen LogP contribution in [0.15, 0.2) is 53.5 Å². The largest absolute Gasteiger partial charge is 0.497 e. The first kappa shape index (κ1) is 23.1. The monoisotopic (exact) mass is 412 g/mol. The van der Waals surface area contributed by atoms with Crippen LogP contribution in [-0.2, 0) is 6.54 Å². The van der Waals surface area contributed by atoms with E-state index >= 15 is 0 Å². The van der Waals surface area contributed by atoms with Gasteiger partial charge < -0.3 is 25.0 Å². The Balaban J connectivity index is 1.91. The Hall–Kier alpha value is -3.22. The van der Waals surface area contributed by atoms with E-state index in [9.17, 15) is 4.79 Å². The summed E-state index contributed by atoms with van der Waals surface area (Å²) in [5.74, 6) is 2.23. The van der Waals surface area contributed by atoms with E-state index in [0.29, 0.717) is 24.6 Å². The zero-order valence-corrected chi connectivity index (χ0v) is 18.4. The minimum atomic E-state index is -0.0581. The maximum atomic E-state index is 12.0. The van der Waals surface area contributed by atoms with Crippen LogP contribution >= 0.6 is 0 Å². The molecule has 1 amide bonds. The van der Waals surface area contributed by atoms with Gasteiger partial charge >= 0.3 is 0 Å². The topological polar surface area (TPSA) is 75.2 Å². The molecule has 1 atom stereocenters. The highest BCUT2D eigenvalue weighted by Crippen LogP contribution is 2.19. The number of hydrogen-bond acceptors (Lipinski definition) is 4. The molecule has 0 spiro atoms. The fourth-order valence-electron chi connectivity index (χ4n) is 2.71. The molecule has 0 aromatic heterocycles. The average Bonchev–Trinajstić information content (AvgIpc) is 2.75. The molecule has 30 heavy (non-hydrogen) atoms. The summed E-state index contributed by atoms with van der Waals surface area (Å²) in [7, 11) is 5.12. The van der Waals surface area contributed by atoms with Gasteiger partial charge in [-0.3, -0.25) is 4.79 Å². The maximum Gasteiger partial charge on any atom is 0.253 e. The summed E-state index contributed by atoms with van der Waals surface area (Å²) in [5, 5.41) is 6.54. The van der Waals surface area contributed by atoms with Crippen molar-refractivity contribution in [2.45, 2.75) is 26.5 Å². The number of amides is 1. The number of nitrogens with one attached hydrogen (secondary N) is 2. The van der Waals surface area contributed by atoms with Gasteiger partial charge in [-0.15, -0.1) is 0 Å². The molecular formula is C23H32N4O3. The molecule has 0 heterocycles. The summed E-state index contributed by atoms with van der Waals surface area (Å²) < 4.78 is 11.2. The molecule has 0 fully saturated rings. The number of carbonyl (C=O) groups is 1. The highest BCUT2D eigenvalue weighted by atomic mass is 16.5. The summed E-state index contributed by atoms with van der Waals surface area (Å²) in [4.78, 5) is 18.2. The van der Waals surface area contributed by atoms with Gasteiger partial charge in [0.25, 0.3) is 5.91 Å². The van der Waals surface area contributed by atoms with Crippen LogP contribution in [-0.4, -0.2) is 57.2 Å². The van der Waals surface area contributed by atoms with E-state index in [4.69, 9.17) is 9.47 Å². The molecule has 0 bridgehead atoms. The number of rotatable bonds is 9. The van der Waals surface area contributed by atoms with Crippen molar-refractivity contribution < 1.29 is 14.3 Å². The number of benzene rings is 2. The molecule has 162 valence electrons. The Morgan fingerprint density at radius 1 is 1.10 bits per heavy atom. The van der Waals surface area contributed by atoms with Crippen molar-refractivity contribution in [3.8, 4) is 11.5 Å². The third kappa shape index (κ3) is 7.31. The van der Waals surface area contributed by atoms with E-state index in [-0.39, 0.29) is 12.0 Å². The zero-order valence-electron chi connectivity index (χ0n) is 18.4. The Bertz CT molecular complexity index is 835. The third-order valence-electron chi connectivity index (χ3n) is 4.31. The number of guanidine groups is 1. The van der Waals surface area contributed by atoms with Gasteiger partial charge in [0.2, 0.25) is 0 Å². The highest BCUT2D eigenvalue weighted by molar-refractivity contribution is 5.93. The quantitative estimate of drug-likeness (QED) is 0.489. The van der Waals surface area contributed by atoms with Crippen LogP contribution in [0.2, 0.25) is 0 Å². The lowest BCUT2D eigenvalue weighted by Crippen LogP contribution is -2.41. The molecule has 0 aliphatic rings. The number of hydrogen-bond donors (Lipinski definition) is 2. The van der Waals surface area contributed by atoms with Crippen molar-refractivity contribution in [2.24, 2.45) is 4.99 Å². The molecule has 2 aromatic carbocycles. The van der Waals surface area contributed by atoms with Crippen LogP contribution in [0.4, 0.5) is 0 Å². The summed E-state index contributed by atoms with van der Waals surface area (Å²) in [6, 6.07) is 15.1. The van der Waals surface area contributed by atoms with Crippen LogP contribution in [0.5, 0.6) is 11.5 Å². The van der Waals surface area contributed by atoms with Crippen molar-refractivity contribution in [3.63, 3.8) is 0 Å². The predicted octanol–water partition coefficient (Wildman–Crippen LogP) is 2.92. The van der Waals surface area contributed by atoms with Crippen molar-refractivity contribution in [1.29, 1.82) is 0 Å². The van der Waals surface area contributed by atoms with Crippen LogP contribution in [0.25, 0.3) is 0 Å². The van der Waals surface area contributed by atoms with Crippen LogP contribution in [0.3, 0.4) is 0 Å². The third-order valence-corrected chi connectivity index (χ3v) is 4.31. The smallest absolute Gasteiger partial charge is 0.253 e. The van der Waals surface area contributed by atoms with Gasteiger partial charge in [-0.1, -0.05) is 18.2 Å². The van der Waals surface area contributed by atoms with E-state index < -0.39 is 0 Å². The van der Waals surface area contributed by atoms with Gasteiger partial charge in [-0.05, 0) is 43.7 Å². The molecule has 1 unspecified atom stereocenters. The number of ether oxygens (including phenoxy) is 2. The molecule has 7 nitrogen and oxygen atoms in total. The fourth-order valence-corrected chi connectivity index (χ4v) is 2.71. The predicted molar refractivity (Wildman–Crippen MR) is 120 cm³/mol. The van der Waals surface area contributed by atoms with Crippen molar-refractivity contribution in [1.82, 2.24) is 15.5 Å². The maximum absolute atomic E-state index is 12.0. The number of methoxy groups -OCH3 is 1. The number of carbonyl (C=O) groups excluding carboxylic acids is 1. The van der Waals surface area contributed by atoms with E-state index in [1.54, 1.807) is 26.1 Å². The lowest BCUT2D eigenvalue weighted by Gasteiger charge is -2.18. The first-order valence-corrected chi connectivity index (χ1v) is 10.1. The Kier molecular flexibility index (Phi) is 9.00. The lowest BCUT2D eigenvalue weighted by molar-refractivity contribution is 0.0827. The van der Waals surface area contributed by atoms with E-state index in [1.807, 2.05) is 62.4 Å². The van der Waals surface area contributed by atoms with Crippen LogP contribution in [0, 0.1) is 0 Å². The van der Waals surface area contributed by atoms with Gasteiger partial charge in [0.05, 0.1) is 20.2 Å². The molecule has 2 N–H and O–H groups in total. The molecule has 0 aliphatic heterocycles. The van der Waals surface area contributed by atoms with Gasteiger partial charge in [0, 0.05) is 32.3 Å². The van der Waals surface area contributed by atoms with Gasteiger partial charge in [-0.2, -0.15) is 0 Å². The summed E-state index contributed by atoms with van der Waals surface area (Å²) in [6.07, 6.45) is -0.0581. The minimum absolute atomic E-state index is 0.00918.